The Morgan fingerprint density at radius 2 is 1.85 bits per heavy atom. The van der Waals surface area contributed by atoms with Gasteiger partial charge >= 0.3 is 5.76 Å². The number of para-hydroxylation sites is 2. The molecule has 1 atom stereocenters. The number of fused-ring (bicyclic) bond motifs is 1. The second-order valence-electron chi connectivity index (χ2n) is 6.49. The van der Waals surface area contributed by atoms with Crippen LogP contribution in [-0.4, -0.2) is 32.7 Å². The van der Waals surface area contributed by atoms with Gasteiger partial charge in [-0.1, -0.05) is 30.3 Å². The van der Waals surface area contributed by atoms with Crippen molar-refractivity contribution >= 4 is 27.1 Å². The highest BCUT2D eigenvalue weighted by Gasteiger charge is 2.30. The van der Waals surface area contributed by atoms with E-state index in [4.69, 9.17) is 0 Å². The van der Waals surface area contributed by atoms with Crippen molar-refractivity contribution in [3.8, 4) is 0 Å². The molecule has 0 aliphatic carbocycles. The first kappa shape index (κ1) is 19.3. The summed E-state index contributed by atoms with van der Waals surface area (Å²) in [6, 6.07) is 13.1. The van der Waals surface area contributed by atoms with Gasteiger partial charge in [0.2, 0.25) is 15.7 Å². The monoisotopic (exact) mass is 394 g/mol. The lowest BCUT2D eigenvalue weighted by Crippen LogP contribution is -2.42. The predicted octanol–water partition coefficient (Wildman–Crippen LogP) is 3.46. The van der Waals surface area contributed by atoms with Gasteiger partial charge in [0.15, 0.2) is 0 Å². The van der Waals surface area contributed by atoms with Crippen LogP contribution in [0.15, 0.2) is 53.4 Å². The number of nitrogens with one attached hydrogen (secondary N) is 1. The van der Waals surface area contributed by atoms with E-state index in [9.17, 15) is 22.0 Å². The maximum Gasteiger partial charge on any atom is 0.341 e. The predicted molar refractivity (Wildman–Crippen MR) is 99.8 cm³/mol. The molecular weight excluding hydrogens is 374 g/mol. The van der Waals surface area contributed by atoms with Crippen LogP contribution in [-0.2, 0) is 21.1 Å². The molecule has 1 aliphatic heterocycles. The number of hydrogen-bond acceptors (Lipinski definition) is 4. The van der Waals surface area contributed by atoms with Crippen molar-refractivity contribution in [2.24, 2.45) is 0 Å². The summed E-state index contributed by atoms with van der Waals surface area (Å²) in [4.78, 5) is 13.9. The van der Waals surface area contributed by atoms with E-state index in [1.807, 2.05) is 36.1 Å². The maximum absolute atomic E-state index is 12.9. The van der Waals surface area contributed by atoms with Gasteiger partial charge in [-0.2, -0.15) is 8.78 Å². The fourth-order valence-electron chi connectivity index (χ4n) is 3.26. The van der Waals surface area contributed by atoms with Crippen LogP contribution < -0.4 is 10.2 Å². The highest BCUT2D eigenvalue weighted by molar-refractivity contribution is 7.91. The van der Waals surface area contributed by atoms with Gasteiger partial charge in [0.05, 0.1) is 17.1 Å². The molecule has 0 bridgehead atoms. The van der Waals surface area contributed by atoms with Gasteiger partial charge in [0, 0.05) is 11.7 Å². The number of anilines is 2. The van der Waals surface area contributed by atoms with E-state index in [2.05, 4.69) is 5.32 Å². The van der Waals surface area contributed by atoms with Gasteiger partial charge in [0.25, 0.3) is 0 Å². The Morgan fingerprint density at radius 3 is 2.59 bits per heavy atom. The summed E-state index contributed by atoms with van der Waals surface area (Å²) >= 11 is 0. The SMILES string of the molecule is CC1CCc2ccccc2N1CC(=O)Nc1ccccc1S(=O)(=O)C(F)F. The maximum atomic E-state index is 12.9. The number of amides is 1. The third-order valence-electron chi connectivity index (χ3n) is 4.68. The number of sulfone groups is 1. The molecule has 1 aliphatic rings. The molecule has 1 amide bonds. The van der Waals surface area contributed by atoms with Crippen molar-refractivity contribution in [2.75, 3.05) is 16.8 Å². The molecule has 0 fully saturated rings. The molecule has 0 saturated heterocycles. The van der Waals surface area contributed by atoms with Gasteiger partial charge in [-0.05, 0) is 43.5 Å². The van der Waals surface area contributed by atoms with Gasteiger partial charge < -0.3 is 10.2 Å². The van der Waals surface area contributed by atoms with Crippen LogP contribution in [0.2, 0.25) is 0 Å². The Balaban J connectivity index is 1.82. The van der Waals surface area contributed by atoms with Crippen LogP contribution in [0.4, 0.5) is 20.2 Å². The summed E-state index contributed by atoms with van der Waals surface area (Å²) in [5, 5.41) is 2.48. The van der Waals surface area contributed by atoms with Crippen LogP contribution in [0, 0.1) is 0 Å². The van der Waals surface area contributed by atoms with Crippen LogP contribution in [0.3, 0.4) is 0 Å². The molecule has 5 nitrogen and oxygen atoms in total. The molecule has 27 heavy (non-hydrogen) atoms. The second-order valence-corrected chi connectivity index (χ2v) is 8.38. The van der Waals surface area contributed by atoms with Crippen LogP contribution in [0.25, 0.3) is 0 Å². The van der Waals surface area contributed by atoms with Crippen molar-refractivity contribution < 1.29 is 22.0 Å². The molecule has 1 unspecified atom stereocenters. The molecule has 8 heteroatoms. The molecule has 0 radical (unpaired) electrons. The Bertz CT molecular complexity index is 947. The number of halogens is 2. The van der Waals surface area contributed by atoms with E-state index >= 15 is 0 Å². The number of carbonyl (C=O) groups excluding carboxylic acids is 1. The topological polar surface area (TPSA) is 66.5 Å². The summed E-state index contributed by atoms with van der Waals surface area (Å²) in [6.45, 7) is 2.01. The lowest BCUT2D eigenvalue weighted by molar-refractivity contribution is -0.115. The molecule has 1 N–H and O–H groups in total. The molecule has 2 aromatic rings. The van der Waals surface area contributed by atoms with E-state index in [-0.39, 0.29) is 18.3 Å². The number of hydrogen-bond donors (Lipinski definition) is 1. The van der Waals surface area contributed by atoms with Crippen molar-refractivity contribution in [1.82, 2.24) is 0 Å². The first-order valence-corrected chi connectivity index (χ1v) is 10.1. The Labute approximate surface area is 156 Å². The molecule has 0 saturated carbocycles. The van der Waals surface area contributed by atoms with E-state index in [1.54, 1.807) is 0 Å². The highest BCUT2D eigenvalue weighted by Crippen LogP contribution is 2.31. The van der Waals surface area contributed by atoms with E-state index in [0.29, 0.717) is 0 Å². The smallest absolute Gasteiger partial charge is 0.341 e. The lowest BCUT2D eigenvalue weighted by atomic mass is 9.96. The van der Waals surface area contributed by atoms with Crippen molar-refractivity contribution in [3.05, 3.63) is 54.1 Å². The summed E-state index contributed by atoms with van der Waals surface area (Å²) in [6.07, 6.45) is 1.81. The van der Waals surface area contributed by atoms with Crippen molar-refractivity contribution in [3.63, 3.8) is 0 Å². The third-order valence-corrected chi connectivity index (χ3v) is 6.12. The lowest BCUT2D eigenvalue weighted by Gasteiger charge is -2.36. The molecule has 0 spiro atoms. The number of alkyl halides is 2. The standard InChI is InChI=1S/C19H20F2N2O3S/c1-13-10-11-14-6-2-4-8-16(14)23(13)12-18(24)22-15-7-3-5-9-17(15)27(25,26)19(20)21/h2-9,13,19H,10-12H2,1H3,(H,22,24). The largest absolute Gasteiger partial charge is 0.359 e. The van der Waals surface area contributed by atoms with Crippen LogP contribution in [0.1, 0.15) is 18.9 Å². The number of carbonyl (C=O) groups is 1. The third kappa shape index (κ3) is 3.95. The Morgan fingerprint density at radius 1 is 1.19 bits per heavy atom. The minimum Gasteiger partial charge on any atom is -0.359 e. The average molecular weight is 394 g/mol. The normalized spacial score (nSPS) is 16.9. The molecule has 3 rings (SSSR count). The molecule has 0 aromatic heterocycles. The van der Waals surface area contributed by atoms with Gasteiger partial charge in [0.1, 0.15) is 0 Å². The fraction of sp³-hybridized carbons (Fsp3) is 0.316. The summed E-state index contributed by atoms with van der Waals surface area (Å²) < 4.78 is 49.4. The summed E-state index contributed by atoms with van der Waals surface area (Å²) in [5.41, 5.74) is 1.96. The molecular formula is C19H20F2N2O3S. The second kappa shape index (κ2) is 7.64. The Kier molecular flexibility index (Phi) is 5.46. The fourth-order valence-corrected chi connectivity index (χ4v) is 4.15. The minimum absolute atomic E-state index is 0.00123. The van der Waals surface area contributed by atoms with Crippen LogP contribution >= 0.6 is 0 Å². The zero-order valence-electron chi connectivity index (χ0n) is 14.7. The van der Waals surface area contributed by atoms with Gasteiger partial charge in [-0.3, -0.25) is 4.79 Å². The van der Waals surface area contributed by atoms with E-state index in [1.165, 1.54) is 18.2 Å². The highest BCUT2D eigenvalue weighted by atomic mass is 32.2. The first-order valence-electron chi connectivity index (χ1n) is 8.56. The molecule has 1 heterocycles. The summed E-state index contributed by atoms with van der Waals surface area (Å²) in [5.74, 6) is -4.01. The first-order chi connectivity index (χ1) is 12.8. The zero-order valence-corrected chi connectivity index (χ0v) is 15.5. The Hall–Kier alpha value is -2.48. The average Bonchev–Trinajstić information content (AvgIpc) is 2.64. The summed E-state index contributed by atoms with van der Waals surface area (Å²) in [7, 11) is -4.81. The number of benzene rings is 2. The number of aryl methyl sites for hydroxylation is 1. The number of rotatable bonds is 5. The van der Waals surface area contributed by atoms with Gasteiger partial charge in [-0.15, -0.1) is 0 Å². The van der Waals surface area contributed by atoms with Crippen molar-refractivity contribution in [2.45, 2.75) is 36.5 Å². The zero-order chi connectivity index (χ0) is 19.6. The van der Waals surface area contributed by atoms with Gasteiger partial charge in [-0.25, -0.2) is 8.42 Å². The number of nitrogens with zero attached hydrogens (tertiary/aromatic N) is 1. The minimum atomic E-state index is -4.81. The van der Waals surface area contributed by atoms with Crippen molar-refractivity contribution in [1.29, 1.82) is 0 Å². The van der Waals surface area contributed by atoms with E-state index in [0.717, 1.165) is 30.2 Å². The van der Waals surface area contributed by atoms with E-state index < -0.39 is 26.4 Å². The molecule has 2 aromatic carbocycles. The quantitative estimate of drug-likeness (QED) is 0.843. The van der Waals surface area contributed by atoms with Crippen LogP contribution in [0.5, 0.6) is 0 Å². The molecule has 144 valence electrons.